The summed E-state index contributed by atoms with van der Waals surface area (Å²) in [6.07, 6.45) is 2.89. The number of halogens is 1. The molecule has 160 valence electrons. The van der Waals surface area contributed by atoms with Gasteiger partial charge in [0.05, 0.1) is 37.2 Å². The van der Waals surface area contributed by atoms with Gasteiger partial charge >= 0.3 is 5.97 Å². The molecule has 0 aliphatic heterocycles. The van der Waals surface area contributed by atoms with E-state index in [0.29, 0.717) is 28.2 Å². The molecule has 0 spiro atoms. The van der Waals surface area contributed by atoms with Crippen LogP contribution in [0.2, 0.25) is 0 Å². The summed E-state index contributed by atoms with van der Waals surface area (Å²) in [5.74, 6) is -0.233. The number of fused-ring (bicyclic) bond motifs is 1. The fourth-order valence-electron chi connectivity index (χ4n) is 3.30. The molecule has 4 rings (SSSR count). The Morgan fingerprint density at radius 1 is 1.23 bits per heavy atom. The molecular weight excluding hydrogens is 403 g/mol. The smallest absolute Gasteiger partial charge is 0.341 e. The summed E-state index contributed by atoms with van der Waals surface area (Å²) < 4.78 is 27.0. The van der Waals surface area contributed by atoms with Gasteiger partial charge in [0.15, 0.2) is 0 Å². The lowest BCUT2D eigenvalue weighted by atomic mass is 10.1. The number of aromatic nitrogens is 6. The van der Waals surface area contributed by atoms with Gasteiger partial charge in [0.25, 0.3) is 5.95 Å². The van der Waals surface area contributed by atoms with Crippen LogP contribution in [0, 0.1) is 12.7 Å². The second-order valence-corrected chi connectivity index (χ2v) is 6.88. The van der Waals surface area contributed by atoms with Gasteiger partial charge < -0.3 is 9.47 Å². The standard InChI is InChI=1S/C21H21FN6O3/c1-5-31-20(29)15-10-23-27(11-15)21-24-17-12(2)26-28(18(17)19(25-21)30-4)13(3)14-6-8-16(22)9-7-14/h6-11,13H,5H2,1-4H3/t13-/m0/s1. The maximum Gasteiger partial charge on any atom is 0.341 e. The Kier molecular flexibility index (Phi) is 5.37. The molecule has 31 heavy (non-hydrogen) atoms. The molecule has 9 nitrogen and oxygen atoms in total. The van der Waals surface area contributed by atoms with E-state index in [-0.39, 0.29) is 24.4 Å². The second kappa shape index (κ2) is 8.13. The third-order valence-electron chi connectivity index (χ3n) is 4.88. The maximum absolute atomic E-state index is 13.3. The lowest BCUT2D eigenvalue weighted by Gasteiger charge is -2.15. The molecule has 0 bridgehead atoms. The van der Waals surface area contributed by atoms with Gasteiger partial charge in [0.1, 0.15) is 16.9 Å². The number of ether oxygens (including phenoxy) is 2. The van der Waals surface area contributed by atoms with Crippen LogP contribution in [-0.2, 0) is 4.74 Å². The van der Waals surface area contributed by atoms with Crippen molar-refractivity contribution in [2.75, 3.05) is 13.7 Å². The molecule has 0 radical (unpaired) electrons. The van der Waals surface area contributed by atoms with E-state index in [4.69, 9.17) is 9.47 Å². The van der Waals surface area contributed by atoms with Crippen LogP contribution in [0.25, 0.3) is 17.0 Å². The largest absolute Gasteiger partial charge is 0.479 e. The van der Waals surface area contributed by atoms with Crippen LogP contribution < -0.4 is 4.74 Å². The summed E-state index contributed by atoms with van der Waals surface area (Å²) in [6, 6.07) is 6.04. The van der Waals surface area contributed by atoms with E-state index < -0.39 is 5.97 Å². The van der Waals surface area contributed by atoms with Crippen LogP contribution in [0.4, 0.5) is 4.39 Å². The molecule has 0 saturated carbocycles. The first-order valence-electron chi connectivity index (χ1n) is 9.71. The molecule has 4 aromatic rings. The Bertz CT molecular complexity index is 1250. The number of rotatable bonds is 6. The van der Waals surface area contributed by atoms with Gasteiger partial charge in [-0.25, -0.2) is 18.9 Å². The van der Waals surface area contributed by atoms with E-state index >= 15 is 0 Å². The Hall–Kier alpha value is -3.82. The lowest BCUT2D eigenvalue weighted by molar-refractivity contribution is 0.0526. The van der Waals surface area contributed by atoms with Crippen molar-refractivity contribution < 1.29 is 18.7 Å². The van der Waals surface area contributed by atoms with Crippen molar-refractivity contribution in [2.24, 2.45) is 0 Å². The summed E-state index contributed by atoms with van der Waals surface area (Å²) >= 11 is 0. The van der Waals surface area contributed by atoms with Gasteiger partial charge in [0, 0.05) is 6.20 Å². The molecule has 0 N–H and O–H groups in total. The molecule has 0 amide bonds. The summed E-state index contributed by atoms with van der Waals surface area (Å²) in [7, 11) is 1.51. The normalized spacial score (nSPS) is 12.2. The second-order valence-electron chi connectivity index (χ2n) is 6.88. The van der Waals surface area contributed by atoms with E-state index in [1.165, 1.54) is 36.3 Å². The number of esters is 1. The molecule has 3 aromatic heterocycles. The predicted octanol–water partition coefficient (Wildman–Crippen LogP) is 3.25. The predicted molar refractivity (Wildman–Crippen MR) is 110 cm³/mol. The first-order chi connectivity index (χ1) is 14.9. The average molecular weight is 424 g/mol. The molecule has 0 saturated heterocycles. The van der Waals surface area contributed by atoms with Crippen LogP contribution in [0.3, 0.4) is 0 Å². The van der Waals surface area contributed by atoms with E-state index in [9.17, 15) is 9.18 Å². The summed E-state index contributed by atoms with van der Waals surface area (Å²) in [4.78, 5) is 21.0. The van der Waals surface area contributed by atoms with E-state index in [1.54, 1.807) is 23.7 Å². The van der Waals surface area contributed by atoms with Crippen LogP contribution in [0.5, 0.6) is 5.88 Å². The van der Waals surface area contributed by atoms with E-state index in [2.05, 4.69) is 20.2 Å². The molecular formula is C21H21FN6O3. The van der Waals surface area contributed by atoms with Gasteiger partial charge in [0.2, 0.25) is 5.88 Å². The Balaban J connectivity index is 1.80. The number of hydrogen-bond donors (Lipinski definition) is 0. The zero-order valence-corrected chi connectivity index (χ0v) is 17.5. The number of carbonyl (C=O) groups excluding carboxylic acids is 1. The highest BCUT2D eigenvalue weighted by Gasteiger charge is 2.22. The van der Waals surface area contributed by atoms with Crippen LogP contribution in [-0.4, -0.2) is 49.2 Å². The minimum Gasteiger partial charge on any atom is -0.479 e. The highest BCUT2D eigenvalue weighted by atomic mass is 19.1. The van der Waals surface area contributed by atoms with Crippen molar-refractivity contribution in [3.63, 3.8) is 0 Å². The lowest BCUT2D eigenvalue weighted by Crippen LogP contribution is -2.11. The SMILES string of the molecule is CCOC(=O)c1cnn(-c2nc(OC)c3c(n2)c(C)nn3[C@@H](C)c2ccc(F)cc2)c1. The number of carbonyl (C=O) groups is 1. The monoisotopic (exact) mass is 424 g/mol. The van der Waals surface area contributed by atoms with Crippen molar-refractivity contribution in [3.05, 3.63) is 59.3 Å². The molecule has 0 unspecified atom stereocenters. The van der Waals surface area contributed by atoms with Crippen LogP contribution in [0.1, 0.15) is 41.5 Å². The number of benzene rings is 1. The summed E-state index contributed by atoms with van der Waals surface area (Å²) in [5.41, 5.74) is 3.04. The fourth-order valence-corrected chi connectivity index (χ4v) is 3.30. The van der Waals surface area contributed by atoms with Crippen molar-refractivity contribution >= 4 is 17.0 Å². The molecule has 0 aliphatic carbocycles. The van der Waals surface area contributed by atoms with Crippen molar-refractivity contribution in [1.29, 1.82) is 0 Å². The highest BCUT2D eigenvalue weighted by molar-refractivity contribution is 5.89. The third kappa shape index (κ3) is 3.72. The first kappa shape index (κ1) is 20.5. The molecule has 0 aliphatic rings. The Morgan fingerprint density at radius 3 is 2.65 bits per heavy atom. The minimum absolute atomic E-state index is 0.208. The number of hydrogen-bond acceptors (Lipinski definition) is 7. The maximum atomic E-state index is 13.3. The molecule has 10 heteroatoms. The third-order valence-corrected chi connectivity index (χ3v) is 4.88. The minimum atomic E-state index is -0.473. The average Bonchev–Trinajstić information content (AvgIpc) is 3.39. The van der Waals surface area contributed by atoms with Gasteiger partial charge in [-0.05, 0) is 38.5 Å². The van der Waals surface area contributed by atoms with Gasteiger partial charge in [-0.1, -0.05) is 12.1 Å². The molecule has 3 heterocycles. The topological polar surface area (TPSA) is 96.9 Å². The van der Waals surface area contributed by atoms with Crippen LogP contribution in [0.15, 0.2) is 36.7 Å². The first-order valence-corrected chi connectivity index (χ1v) is 9.71. The molecule has 0 fully saturated rings. The summed E-state index contributed by atoms with van der Waals surface area (Å²) in [6.45, 7) is 5.79. The van der Waals surface area contributed by atoms with Crippen molar-refractivity contribution in [2.45, 2.75) is 26.8 Å². The Morgan fingerprint density at radius 2 is 1.97 bits per heavy atom. The van der Waals surface area contributed by atoms with Gasteiger partial charge in [-0.2, -0.15) is 15.2 Å². The number of aryl methyl sites for hydroxylation is 1. The summed E-state index contributed by atoms with van der Waals surface area (Å²) in [5, 5.41) is 8.80. The highest BCUT2D eigenvalue weighted by Crippen LogP contribution is 2.30. The zero-order valence-electron chi connectivity index (χ0n) is 17.5. The zero-order chi connectivity index (χ0) is 22.1. The van der Waals surface area contributed by atoms with Gasteiger partial charge in [-0.3, -0.25) is 4.68 Å². The number of nitrogens with zero attached hydrogens (tertiary/aromatic N) is 6. The van der Waals surface area contributed by atoms with Gasteiger partial charge in [-0.15, -0.1) is 0 Å². The van der Waals surface area contributed by atoms with Crippen molar-refractivity contribution in [3.8, 4) is 11.8 Å². The number of methoxy groups -OCH3 is 1. The fraction of sp³-hybridized carbons (Fsp3) is 0.286. The molecule has 1 atom stereocenters. The van der Waals surface area contributed by atoms with Crippen LogP contribution >= 0.6 is 0 Å². The Labute approximate surface area is 177 Å². The quantitative estimate of drug-likeness (QED) is 0.438. The molecule has 1 aromatic carbocycles. The van der Waals surface area contributed by atoms with Crippen molar-refractivity contribution in [1.82, 2.24) is 29.5 Å². The van der Waals surface area contributed by atoms with E-state index in [1.807, 2.05) is 13.8 Å². The van der Waals surface area contributed by atoms with E-state index in [0.717, 1.165) is 5.56 Å².